The van der Waals surface area contributed by atoms with E-state index in [9.17, 15) is 4.79 Å². The van der Waals surface area contributed by atoms with E-state index in [1.165, 1.54) is 4.90 Å². The summed E-state index contributed by atoms with van der Waals surface area (Å²) >= 11 is 1.69. The third kappa shape index (κ3) is 5.71. The Morgan fingerprint density at radius 3 is 2.44 bits per heavy atom. The van der Waals surface area contributed by atoms with E-state index in [0.29, 0.717) is 17.9 Å². The smallest absolute Gasteiger partial charge is 0.221 e. The van der Waals surface area contributed by atoms with Gasteiger partial charge in [0.1, 0.15) is 0 Å². The van der Waals surface area contributed by atoms with E-state index in [-0.39, 0.29) is 11.9 Å². The maximum Gasteiger partial charge on any atom is 0.221 e. The van der Waals surface area contributed by atoms with Crippen molar-refractivity contribution in [2.24, 2.45) is 0 Å². The molecular weight excluding hydrogens is 334 g/mol. The quantitative estimate of drug-likeness (QED) is 0.672. The molecule has 2 rings (SSSR count). The second-order valence-corrected chi connectivity index (χ2v) is 6.72. The van der Waals surface area contributed by atoms with Gasteiger partial charge < -0.3 is 14.8 Å². The topological polar surface area (TPSA) is 47.6 Å². The first-order chi connectivity index (χ1) is 12.2. The first kappa shape index (κ1) is 19.2. The number of hydrogen-bond donors (Lipinski definition) is 1. The summed E-state index contributed by atoms with van der Waals surface area (Å²) in [5.74, 6) is 2.18. The summed E-state index contributed by atoms with van der Waals surface area (Å²) in [6.45, 7) is 2.06. The molecule has 1 N–H and O–H groups in total. The number of methoxy groups -OCH3 is 2. The average Bonchev–Trinajstić information content (AvgIpc) is 2.66. The van der Waals surface area contributed by atoms with E-state index in [4.69, 9.17) is 9.47 Å². The van der Waals surface area contributed by atoms with Crippen molar-refractivity contribution in [1.29, 1.82) is 0 Å². The lowest BCUT2D eigenvalue weighted by atomic mass is 10.0. The molecule has 25 heavy (non-hydrogen) atoms. The summed E-state index contributed by atoms with van der Waals surface area (Å²) in [6.07, 6.45) is 1.30. The minimum atomic E-state index is -0.0333. The maximum absolute atomic E-state index is 12.3. The second kappa shape index (κ2) is 9.99. The SMILES string of the molecule is CCC(NC(=O)CCSc1ccccc1)c1ccc(OC)c(OC)c1. The fourth-order valence-electron chi connectivity index (χ4n) is 2.54. The van der Waals surface area contributed by atoms with Crippen molar-refractivity contribution in [3.63, 3.8) is 0 Å². The highest BCUT2D eigenvalue weighted by atomic mass is 32.2. The van der Waals surface area contributed by atoms with E-state index < -0.39 is 0 Å². The van der Waals surface area contributed by atoms with Gasteiger partial charge >= 0.3 is 0 Å². The summed E-state index contributed by atoms with van der Waals surface area (Å²) in [5, 5.41) is 3.11. The molecule has 0 radical (unpaired) electrons. The van der Waals surface area contributed by atoms with Crippen LogP contribution in [0.15, 0.2) is 53.4 Å². The fourth-order valence-corrected chi connectivity index (χ4v) is 3.41. The molecular formula is C20H25NO3S. The average molecular weight is 359 g/mol. The minimum Gasteiger partial charge on any atom is -0.493 e. The van der Waals surface area contributed by atoms with E-state index in [2.05, 4.69) is 24.4 Å². The van der Waals surface area contributed by atoms with Gasteiger partial charge in [-0.15, -0.1) is 11.8 Å². The number of benzene rings is 2. The molecule has 134 valence electrons. The van der Waals surface area contributed by atoms with Crippen LogP contribution in [-0.2, 0) is 4.79 Å². The molecule has 0 fully saturated rings. The minimum absolute atomic E-state index is 0.0333. The highest BCUT2D eigenvalue weighted by Crippen LogP contribution is 2.31. The predicted molar refractivity (Wildman–Crippen MR) is 103 cm³/mol. The monoisotopic (exact) mass is 359 g/mol. The number of hydrogen-bond acceptors (Lipinski definition) is 4. The molecule has 5 heteroatoms. The van der Waals surface area contributed by atoms with E-state index >= 15 is 0 Å². The Hall–Kier alpha value is -2.14. The Balaban J connectivity index is 1.91. The molecule has 0 bridgehead atoms. The molecule has 0 heterocycles. The van der Waals surface area contributed by atoms with Gasteiger partial charge in [0.25, 0.3) is 0 Å². The maximum atomic E-state index is 12.3. The molecule has 0 saturated carbocycles. The van der Waals surface area contributed by atoms with Crippen molar-refractivity contribution < 1.29 is 14.3 Å². The molecule has 0 saturated heterocycles. The van der Waals surface area contributed by atoms with Crippen LogP contribution in [0.5, 0.6) is 11.5 Å². The molecule has 2 aromatic carbocycles. The van der Waals surface area contributed by atoms with Crippen LogP contribution in [0, 0.1) is 0 Å². The number of rotatable bonds is 9. The molecule has 0 aliphatic rings. The van der Waals surface area contributed by atoms with Gasteiger partial charge in [-0.25, -0.2) is 0 Å². The fraction of sp³-hybridized carbons (Fsp3) is 0.350. The third-order valence-electron chi connectivity index (χ3n) is 3.89. The van der Waals surface area contributed by atoms with Gasteiger partial charge in [0.2, 0.25) is 5.91 Å². The number of carbonyl (C=O) groups excluding carboxylic acids is 1. The molecule has 0 aliphatic carbocycles. The lowest BCUT2D eigenvalue weighted by Crippen LogP contribution is -2.28. The lowest BCUT2D eigenvalue weighted by Gasteiger charge is -2.19. The molecule has 0 aliphatic heterocycles. The Labute approximate surface area is 153 Å². The van der Waals surface area contributed by atoms with Crippen LogP contribution >= 0.6 is 11.8 Å². The first-order valence-electron chi connectivity index (χ1n) is 8.37. The summed E-state index contributed by atoms with van der Waals surface area (Å²) in [5.41, 5.74) is 1.02. The van der Waals surface area contributed by atoms with Gasteiger partial charge in [-0.1, -0.05) is 31.2 Å². The van der Waals surface area contributed by atoms with Crippen LogP contribution in [0.4, 0.5) is 0 Å². The van der Waals surface area contributed by atoms with Crippen molar-refractivity contribution in [3.8, 4) is 11.5 Å². The van der Waals surface area contributed by atoms with Crippen molar-refractivity contribution in [1.82, 2.24) is 5.32 Å². The molecule has 0 spiro atoms. The number of thioether (sulfide) groups is 1. The molecule has 4 nitrogen and oxygen atoms in total. The van der Waals surface area contributed by atoms with Crippen molar-refractivity contribution in [2.45, 2.75) is 30.7 Å². The number of ether oxygens (including phenoxy) is 2. The summed E-state index contributed by atoms with van der Waals surface area (Å²) in [4.78, 5) is 13.5. The van der Waals surface area contributed by atoms with Crippen LogP contribution in [-0.4, -0.2) is 25.9 Å². The largest absolute Gasteiger partial charge is 0.493 e. The highest BCUT2D eigenvalue weighted by molar-refractivity contribution is 7.99. The van der Waals surface area contributed by atoms with Gasteiger partial charge in [-0.05, 0) is 36.2 Å². The summed E-state index contributed by atoms with van der Waals surface area (Å²) < 4.78 is 10.6. The Kier molecular flexibility index (Phi) is 7.67. The first-order valence-corrected chi connectivity index (χ1v) is 9.35. The third-order valence-corrected chi connectivity index (χ3v) is 4.91. The number of carbonyl (C=O) groups is 1. The van der Waals surface area contributed by atoms with Gasteiger partial charge in [-0.2, -0.15) is 0 Å². The van der Waals surface area contributed by atoms with E-state index in [1.54, 1.807) is 26.0 Å². The summed E-state index contributed by atoms with van der Waals surface area (Å²) in [7, 11) is 3.23. The molecule has 1 unspecified atom stereocenters. The van der Waals surface area contributed by atoms with Gasteiger partial charge in [0, 0.05) is 17.1 Å². The van der Waals surface area contributed by atoms with Crippen molar-refractivity contribution in [3.05, 3.63) is 54.1 Å². The van der Waals surface area contributed by atoms with Crippen molar-refractivity contribution >= 4 is 17.7 Å². The van der Waals surface area contributed by atoms with E-state index in [1.807, 2.05) is 36.4 Å². The normalized spacial score (nSPS) is 11.6. The van der Waals surface area contributed by atoms with Gasteiger partial charge in [0.15, 0.2) is 11.5 Å². The van der Waals surface area contributed by atoms with E-state index in [0.717, 1.165) is 17.7 Å². The zero-order valence-corrected chi connectivity index (χ0v) is 15.8. The number of amides is 1. The Morgan fingerprint density at radius 1 is 1.08 bits per heavy atom. The highest BCUT2D eigenvalue weighted by Gasteiger charge is 2.15. The molecule has 1 atom stereocenters. The number of nitrogens with one attached hydrogen (secondary N) is 1. The zero-order chi connectivity index (χ0) is 18.1. The zero-order valence-electron chi connectivity index (χ0n) is 15.0. The molecule has 1 amide bonds. The Morgan fingerprint density at radius 2 is 1.80 bits per heavy atom. The summed E-state index contributed by atoms with van der Waals surface area (Å²) in [6, 6.07) is 15.8. The Bertz CT molecular complexity index is 676. The standard InChI is InChI=1S/C20H25NO3S/c1-4-17(15-10-11-18(23-2)19(14-15)24-3)21-20(22)12-13-25-16-8-6-5-7-9-16/h5-11,14,17H,4,12-13H2,1-3H3,(H,21,22). The van der Waals surface area contributed by atoms with Gasteiger partial charge in [0.05, 0.1) is 20.3 Å². The molecule has 2 aromatic rings. The molecule has 0 aromatic heterocycles. The second-order valence-electron chi connectivity index (χ2n) is 5.55. The lowest BCUT2D eigenvalue weighted by molar-refractivity contribution is -0.121. The van der Waals surface area contributed by atoms with Crippen LogP contribution in [0.2, 0.25) is 0 Å². The van der Waals surface area contributed by atoms with Gasteiger partial charge in [-0.3, -0.25) is 4.79 Å². The van der Waals surface area contributed by atoms with Crippen LogP contribution < -0.4 is 14.8 Å². The van der Waals surface area contributed by atoms with Crippen molar-refractivity contribution in [2.75, 3.05) is 20.0 Å². The predicted octanol–water partition coefficient (Wildman–Crippen LogP) is 4.45. The van der Waals surface area contributed by atoms with Crippen LogP contribution in [0.3, 0.4) is 0 Å². The van der Waals surface area contributed by atoms with Crippen LogP contribution in [0.1, 0.15) is 31.4 Å². The van der Waals surface area contributed by atoms with Crippen LogP contribution in [0.25, 0.3) is 0 Å².